The molecule has 0 radical (unpaired) electrons. The Bertz CT molecular complexity index is 1950. The molecule has 1 atom stereocenters. The van der Waals surface area contributed by atoms with E-state index in [1.165, 1.54) is 0 Å². The van der Waals surface area contributed by atoms with E-state index in [-0.39, 0.29) is 48.2 Å². The first-order valence-corrected chi connectivity index (χ1v) is 16.5. The zero-order valence-corrected chi connectivity index (χ0v) is 26.5. The summed E-state index contributed by atoms with van der Waals surface area (Å²) in [6, 6.07) is 18.5. The molecule has 240 valence electrons. The molecule has 0 saturated heterocycles. The number of pyridine rings is 2. The number of phosphoric ester groups is 1. The molecule has 1 unspecified atom stereocenters. The second-order valence-corrected chi connectivity index (χ2v) is 12.8. The number of phosphoric acid groups is 1. The van der Waals surface area contributed by atoms with Crippen molar-refractivity contribution in [3.8, 4) is 11.4 Å². The smallest absolute Gasteiger partial charge is 0.458 e. The fraction of sp³-hybridized carbons (Fsp3) is 0.333. The number of hydrogen-bond donors (Lipinski definition) is 2. The molecular formula is C33H34N3O9P. The van der Waals surface area contributed by atoms with Crippen LogP contribution < -0.4 is 5.56 Å². The van der Waals surface area contributed by atoms with Crippen molar-refractivity contribution in [3.05, 3.63) is 98.8 Å². The summed E-state index contributed by atoms with van der Waals surface area (Å²) in [5.74, 6) is -0.857. The Morgan fingerprint density at radius 3 is 2.52 bits per heavy atom. The largest absolute Gasteiger partial charge is 0.471 e. The van der Waals surface area contributed by atoms with Crippen molar-refractivity contribution >= 4 is 30.6 Å². The zero-order valence-electron chi connectivity index (χ0n) is 25.6. The molecule has 2 N–H and O–H groups in total. The number of cyclic esters (lactones) is 1. The van der Waals surface area contributed by atoms with Crippen LogP contribution in [0.15, 0.2) is 65.5 Å². The molecule has 2 aromatic carbocycles. The molecule has 0 saturated carbocycles. The van der Waals surface area contributed by atoms with Gasteiger partial charge in [0.1, 0.15) is 6.61 Å². The van der Waals surface area contributed by atoms with Gasteiger partial charge in [-0.15, -0.1) is 0 Å². The van der Waals surface area contributed by atoms with Gasteiger partial charge in [-0.25, -0.2) is 14.3 Å². The van der Waals surface area contributed by atoms with Crippen molar-refractivity contribution in [1.82, 2.24) is 14.5 Å². The number of aromatic nitrogens is 2. The lowest BCUT2D eigenvalue weighted by molar-refractivity contribution is -0.192. The van der Waals surface area contributed by atoms with Gasteiger partial charge in [-0.1, -0.05) is 43.3 Å². The van der Waals surface area contributed by atoms with Crippen LogP contribution in [0.2, 0.25) is 0 Å². The Balaban J connectivity index is 1.44. The lowest BCUT2D eigenvalue weighted by Gasteiger charge is -2.35. The summed E-state index contributed by atoms with van der Waals surface area (Å²) in [5.41, 5.74) is 2.45. The molecule has 0 bridgehead atoms. The van der Waals surface area contributed by atoms with E-state index in [2.05, 4.69) is 4.52 Å². The third-order valence-corrected chi connectivity index (χ3v) is 9.16. The molecule has 4 aromatic rings. The molecule has 4 heterocycles. The number of para-hydroxylation sites is 1. The van der Waals surface area contributed by atoms with Crippen LogP contribution in [-0.4, -0.2) is 55.5 Å². The van der Waals surface area contributed by atoms with Crippen LogP contribution >= 0.6 is 7.82 Å². The number of rotatable bonds is 10. The van der Waals surface area contributed by atoms with Gasteiger partial charge in [0.15, 0.2) is 12.4 Å². The van der Waals surface area contributed by atoms with Gasteiger partial charge in [0.2, 0.25) is 0 Å². The van der Waals surface area contributed by atoms with Crippen molar-refractivity contribution in [3.63, 3.8) is 0 Å². The average molecular weight is 648 g/mol. The first kappa shape index (κ1) is 31.8. The summed E-state index contributed by atoms with van der Waals surface area (Å²) >= 11 is 0. The normalized spacial score (nSPS) is 17.0. The highest BCUT2D eigenvalue weighted by Crippen LogP contribution is 2.43. The standard InChI is InChI=1S/C33H34N3O9P/c1-4-33(44-19-45-46(40,41)42)26-16-28-29-24(17-36(28)31(38)25(26)18-43-32(33)39)22(23-12-8-9-13-27(23)34-29)14-15-35(20(2)3)30(37)21-10-6-5-7-11-21/h5-13,16,20H,4,14-15,17-19H2,1-3H3,(H2,40,41,42). The predicted octanol–water partition coefficient (Wildman–Crippen LogP) is 4.26. The third-order valence-electron chi connectivity index (χ3n) is 8.71. The van der Waals surface area contributed by atoms with Gasteiger partial charge >= 0.3 is 13.8 Å². The molecule has 0 spiro atoms. The average Bonchev–Trinajstić information content (AvgIpc) is 3.40. The molecular weight excluding hydrogens is 613 g/mol. The van der Waals surface area contributed by atoms with E-state index in [1.807, 2.05) is 61.2 Å². The van der Waals surface area contributed by atoms with Crippen molar-refractivity contribution < 1.29 is 37.9 Å². The molecule has 1 amide bonds. The highest BCUT2D eigenvalue weighted by molar-refractivity contribution is 7.46. The summed E-state index contributed by atoms with van der Waals surface area (Å²) in [7, 11) is -4.89. The molecule has 46 heavy (non-hydrogen) atoms. The molecule has 2 aromatic heterocycles. The lowest BCUT2D eigenvalue weighted by atomic mass is 9.85. The van der Waals surface area contributed by atoms with Crippen LogP contribution in [-0.2, 0) is 48.5 Å². The molecule has 12 nitrogen and oxygen atoms in total. The molecule has 6 rings (SSSR count). The van der Waals surface area contributed by atoms with Crippen molar-refractivity contribution in [2.45, 2.75) is 58.4 Å². The number of carbonyl (C=O) groups is 2. The summed E-state index contributed by atoms with van der Waals surface area (Å²) in [5, 5.41) is 0.919. The van der Waals surface area contributed by atoms with E-state index in [9.17, 15) is 18.9 Å². The first-order chi connectivity index (χ1) is 21.9. The minimum atomic E-state index is -4.89. The van der Waals surface area contributed by atoms with Gasteiger partial charge in [-0.2, -0.15) is 0 Å². The number of nitrogens with zero attached hydrogens (tertiary/aromatic N) is 3. The van der Waals surface area contributed by atoms with Crippen LogP contribution in [0.5, 0.6) is 0 Å². The number of ether oxygens (including phenoxy) is 2. The third kappa shape index (κ3) is 5.56. The zero-order chi connectivity index (χ0) is 32.8. The van der Waals surface area contributed by atoms with E-state index < -0.39 is 26.2 Å². The highest BCUT2D eigenvalue weighted by atomic mass is 31.2. The van der Waals surface area contributed by atoms with Gasteiger partial charge < -0.3 is 28.7 Å². The van der Waals surface area contributed by atoms with Crippen LogP contribution in [0.25, 0.3) is 22.3 Å². The summed E-state index contributed by atoms with van der Waals surface area (Å²) in [6.07, 6.45) is 0.518. The highest BCUT2D eigenvalue weighted by Gasteiger charge is 2.48. The maximum atomic E-state index is 14.0. The molecule has 2 aliphatic heterocycles. The van der Waals surface area contributed by atoms with Crippen molar-refractivity contribution in [1.29, 1.82) is 0 Å². The Morgan fingerprint density at radius 2 is 1.83 bits per heavy atom. The van der Waals surface area contributed by atoms with Crippen molar-refractivity contribution in [2.24, 2.45) is 0 Å². The number of carbonyl (C=O) groups excluding carboxylic acids is 2. The molecule has 13 heteroatoms. The van der Waals surface area contributed by atoms with Gasteiger partial charge in [0, 0.05) is 34.7 Å². The number of fused-ring (bicyclic) bond motifs is 5. The number of amides is 1. The first-order valence-electron chi connectivity index (χ1n) is 15.0. The lowest BCUT2D eigenvalue weighted by Crippen LogP contribution is -2.46. The predicted molar refractivity (Wildman–Crippen MR) is 168 cm³/mol. The Hall–Kier alpha value is -4.19. The van der Waals surface area contributed by atoms with Gasteiger partial charge in [0.25, 0.3) is 11.5 Å². The monoisotopic (exact) mass is 647 g/mol. The van der Waals surface area contributed by atoms with E-state index in [1.54, 1.807) is 29.7 Å². The Morgan fingerprint density at radius 1 is 1.11 bits per heavy atom. The summed E-state index contributed by atoms with van der Waals surface area (Å²) < 4.78 is 28.4. The topological polar surface area (TPSA) is 157 Å². The van der Waals surface area contributed by atoms with Crippen LogP contribution in [0, 0.1) is 0 Å². The second kappa shape index (κ2) is 12.2. The van der Waals surface area contributed by atoms with E-state index in [4.69, 9.17) is 24.2 Å². The molecule has 2 aliphatic rings. The van der Waals surface area contributed by atoms with Crippen LogP contribution in [0.3, 0.4) is 0 Å². The summed E-state index contributed by atoms with van der Waals surface area (Å²) in [4.78, 5) is 65.8. The maximum Gasteiger partial charge on any atom is 0.471 e. The van der Waals surface area contributed by atoms with Crippen LogP contribution in [0.4, 0.5) is 0 Å². The number of esters is 1. The quantitative estimate of drug-likeness (QED) is 0.128. The van der Waals surface area contributed by atoms with Crippen LogP contribution in [0.1, 0.15) is 59.8 Å². The minimum Gasteiger partial charge on any atom is -0.458 e. The van der Waals surface area contributed by atoms with Gasteiger partial charge in [0.05, 0.1) is 29.0 Å². The van der Waals surface area contributed by atoms with E-state index in [0.29, 0.717) is 35.4 Å². The SMILES string of the molecule is CCC1(OCOP(=O)(O)O)C(=O)OCc2c1cc1n(c2=O)Cc2c-1nc1ccccc1c2CCN(C(=O)c1ccccc1)C(C)C. The Labute approximate surface area is 264 Å². The van der Waals surface area contributed by atoms with Gasteiger partial charge in [-0.05, 0) is 56.5 Å². The van der Waals surface area contributed by atoms with Gasteiger partial charge in [-0.3, -0.25) is 14.1 Å². The molecule has 0 fully saturated rings. The number of hydrogen-bond acceptors (Lipinski definition) is 8. The van der Waals surface area contributed by atoms with Crippen molar-refractivity contribution in [2.75, 3.05) is 13.3 Å². The minimum absolute atomic E-state index is 0.00990. The number of benzene rings is 2. The second-order valence-electron chi connectivity index (χ2n) is 11.6. The molecule has 0 aliphatic carbocycles. The van der Waals surface area contributed by atoms with E-state index in [0.717, 1.165) is 16.5 Å². The fourth-order valence-electron chi connectivity index (χ4n) is 6.39. The van der Waals surface area contributed by atoms with E-state index >= 15 is 0 Å². The summed E-state index contributed by atoms with van der Waals surface area (Å²) in [6.45, 7) is 5.09. The Kier molecular flexibility index (Phi) is 8.43. The fourth-order valence-corrected chi connectivity index (χ4v) is 6.58. The maximum absolute atomic E-state index is 14.0.